The summed E-state index contributed by atoms with van der Waals surface area (Å²) in [5, 5.41) is 0. The van der Waals surface area contributed by atoms with E-state index in [0.29, 0.717) is 5.76 Å². The van der Waals surface area contributed by atoms with Crippen LogP contribution in [0, 0.1) is 0 Å². The van der Waals surface area contributed by atoms with E-state index < -0.39 is 0 Å². The van der Waals surface area contributed by atoms with Gasteiger partial charge in [0.05, 0.1) is 5.76 Å². The Morgan fingerprint density at radius 3 is 1.77 bits per heavy atom. The van der Waals surface area contributed by atoms with Crippen LogP contribution in [0.2, 0.25) is 0 Å². The fraction of sp³-hybridized carbons (Fsp3) is 0.520. The molecule has 1 heteroatoms. The summed E-state index contributed by atoms with van der Waals surface area (Å²) in [6, 6.07) is 6.04. The molecule has 0 heterocycles. The lowest BCUT2D eigenvalue weighted by molar-refractivity contribution is 0.426. The van der Waals surface area contributed by atoms with Crippen molar-refractivity contribution in [1.82, 2.24) is 0 Å². The first-order valence-corrected chi connectivity index (χ1v) is 10.2. The molecule has 0 amide bonds. The highest BCUT2D eigenvalue weighted by atomic mass is 16.5. The predicted octanol–water partition coefficient (Wildman–Crippen LogP) is 9.25. The van der Waals surface area contributed by atoms with Crippen LogP contribution < -0.4 is 4.74 Å². The standard InChI is InChI=1S/C16H20O.C3H8.3C2H6/c1-6-13(5)10-15-11-14(7-2)8-9-16(15)17-12(3)4;1-3-2;3*1-2/h7-9,11H,2-3,5-6,10H2,1,4H3;3H2,1-2H3;3*1-2H3. The fourth-order valence-corrected chi connectivity index (χ4v) is 1.55. The SMILES string of the molecule is C=Cc1ccc(OC(=C)C)c(CC(=C)CC)c1.CC.CC.CC.CCC. The molecule has 1 aromatic carbocycles. The van der Waals surface area contributed by atoms with Gasteiger partial charge in [0.1, 0.15) is 5.75 Å². The van der Waals surface area contributed by atoms with Crippen molar-refractivity contribution in [3.63, 3.8) is 0 Å². The first-order chi connectivity index (χ1) is 12.5. The van der Waals surface area contributed by atoms with Crippen LogP contribution in [0.5, 0.6) is 5.75 Å². The van der Waals surface area contributed by atoms with Gasteiger partial charge in [-0.05, 0) is 43.0 Å². The average Bonchev–Trinajstić information content (AvgIpc) is 2.68. The molecule has 0 aromatic heterocycles. The minimum atomic E-state index is 0.694. The van der Waals surface area contributed by atoms with E-state index in [-0.39, 0.29) is 0 Å². The summed E-state index contributed by atoms with van der Waals surface area (Å²) in [5.41, 5.74) is 3.42. The van der Waals surface area contributed by atoms with Crippen LogP contribution in [0.1, 0.15) is 93.2 Å². The van der Waals surface area contributed by atoms with Gasteiger partial charge in [0.2, 0.25) is 0 Å². The maximum atomic E-state index is 5.62. The van der Waals surface area contributed by atoms with Gasteiger partial charge < -0.3 is 4.74 Å². The first kappa shape index (κ1) is 32.0. The molecule has 0 atom stereocenters. The monoisotopic (exact) mass is 362 g/mol. The Morgan fingerprint density at radius 1 is 0.962 bits per heavy atom. The molecule has 152 valence electrons. The zero-order chi connectivity index (χ0) is 21.5. The van der Waals surface area contributed by atoms with Crippen LogP contribution >= 0.6 is 0 Å². The second kappa shape index (κ2) is 25.5. The summed E-state index contributed by atoms with van der Waals surface area (Å²) in [6.45, 7) is 31.8. The first-order valence-electron chi connectivity index (χ1n) is 10.2. The maximum absolute atomic E-state index is 5.62. The highest BCUT2D eigenvalue weighted by Crippen LogP contribution is 2.25. The van der Waals surface area contributed by atoms with E-state index >= 15 is 0 Å². The third-order valence-corrected chi connectivity index (χ3v) is 2.54. The second-order valence-electron chi connectivity index (χ2n) is 4.86. The summed E-state index contributed by atoms with van der Waals surface area (Å²) >= 11 is 0. The normalized spacial score (nSPS) is 7.77. The molecule has 0 unspecified atom stereocenters. The van der Waals surface area contributed by atoms with Gasteiger partial charge in [-0.15, -0.1) is 0 Å². The highest BCUT2D eigenvalue weighted by molar-refractivity contribution is 5.52. The van der Waals surface area contributed by atoms with Crippen LogP contribution in [0.15, 0.2) is 49.3 Å². The zero-order valence-corrected chi connectivity index (χ0v) is 19.5. The quantitative estimate of drug-likeness (QED) is 0.362. The molecule has 0 radical (unpaired) electrons. The third-order valence-electron chi connectivity index (χ3n) is 2.54. The van der Waals surface area contributed by atoms with Crippen molar-refractivity contribution < 1.29 is 4.74 Å². The molecule has 1 rings (SSSR count). The minimum absolute atomic E-state index is 0.694. The third kappa shape index (κ3) is 18.6. The van der Waals surface area contributed by atoms with Crippen molar-refractivity contribution in [2.75, 3.05) is 0 Å². The Hall–Kier alpha value is -1.76. The zero-order valence-electron chi connectivity index (χ0n) is 19.5. The Morgan fingerprint density at radius 2 is 1.42 bits per heavy atom. The van der Waals surface area contributed by atoms with Gasteiger partial charge in [-0.25, -0.2) is 0 Å². The average molecular weight is 363 g/mol. The van der Waals surface area contributed by atoms with E-state index in [1.807, 2.05) is 66.7 Å². The molecule has 0 spiro atoms. The Kier molecular flexibility index (Phi) is 31.3. The summed E-state index contributed by atoms with van der Waals surface area (Å²) in [4.78, 5) is 0. The van der Waals surface area contributed by atoms with Crippen molar-refractivity contribution in [3.8, 4) is 5.75 Å². The Labute approximate surface area is 165 Å². The number of allylic oxidation sites excluding steroid dienone is 2. The molecule has 0 aliphatic rings. The van der Waals surface area contributed by atoms with Crippen LogP contribution in [0.25, 0.3) is 6.08 Å². The number of hydrogen-bond acceptors (Lipinski definition) is 1. The number of hydrogen-bond donors (Lipinski definition) is 0. The molecule has 1 nitrogen and oxygen atoms in total. The molecular formula is C25H46O. The molecule has 0 N–H and O–H groups in total. The topological polar surface area (TPSA) is 9.23 Å². The molecule has 1 aromatic rings. The van der Waals surface area contributed by atoms with Crippen LogP contribution in [-0.2, 0) is 6.42 Å². The van der Waals surface area contributed by atoms with E-state index in [0.717, 1.165) is 29.7 Å². The van der Waals surface area contributed by atoms with E-state index in [1.165, 1.54) is 12.0 Å². The molecule has 0 aliphatic carbocycles. The van der Waals surface area contributed by atoms with Gasteiger partial charge in [-0.2, -0.15) is 0 Å². The number of ether oxygens (including phenoxy) is 1. The molecular weight excluding hydrogens is 316 g/mol. The van der Waals surface area contributed by atoms with Crippen molar-refractivity contribution in [3.05, 3.63) is 60.4 Å². The lowest BCUT2D eigenvalue weighted by Crippen LogP contribution is -1.97. The van der Waals surface area contributed by atoms with E-state index in [9.17, 15) is 0 Å². The lowest BCUT2D eigenvalue weighted by atomic mass is 10.0. The van der Waals surface area contributed by atoms with Gasteiger partial charge >= 0.3 is 0 Å². The fourth-order valence-electron chi connectivity index (χ4n) is 1.55. The maximum Gasteiger partial charge on any atom is 0.130 e. The van der Waals surface area contributed by atoms with Gasteiger partial charge in [0.25, 0.3) is 0 Å². The molecule has 26 heavy (non-hydrogen) atoms. The minimum Gasteiger partial charge on any atom is -0.462 e. The van der Waals surface area contributed by atoms with Gasteiger partial charge in [-0.1, -0.05) is 106 Å². The van der Waals surface area contributed by atoms with Crippen LogP contribution in [0.3, 0.4) is 0 Å². The summed E-state index contributed by atoms with van der Waals surface area (Å²) in [7, 11) is 0. The van der Waals surface area contributed by atoms with Crippen LogP contribution in [0.4, 0.5) is 0 Å². The summed E-state index contributed by atoms with van der Waals surface area (Å²) < 4.78 is 5.62. The molecule has 0 aliphatic heterocycles. The second-order valence-corrected chi connectivity index (χ2v) is 4.86. The van der Waals surface area contributed by atoms with Crippen molar-refractivity contribution in [2.45, 2.75) is 88.5 Å². The van der Waals surface area contributed by atoms with Crippen molar-refractivity contribution in [2.24, 2.45) is 0 Å². The molecule has 0 saturated heterocycles. The Balaban J connectivity index is -0.000000231. The highest BCUT2D eigenvalue weighted by Gasteiger charge is 2.06. The van der Waals surface area contributed by atoms with Crippen LogP contribution in [-0.4, -0.2) is 0 Å². The van der Waals surface area contributed by atoms with Gasteiger partial charge in [-0.3, -0.25) is 0 Å². The number of benzene rings is 1. The van der Waals surface area contributed by atoms with E-state index in [1.54, 1.807) is 0 Å². The molecule has 0 bridgehead atoms. The molecule has 0 saturated carbocycles. The van der Waals surface area contributed by atoms with Gasteiger partial charge in [0.15, 0.2) is 0 Å². The van der Waals surface area contributed by atoms with Gasteiger partial charge in [0, 0.05) is 0 Å². The number of rotatable bonds is 6. The Bertz CT molecular complexity index is 455. The molecule has 0 fully saturated rings. The smallest absolute Gasteiger partial charge is 0.130 e. The predicted molar refractivity (Wildman–Crippen MR) is 125 cm³/mol. The summed E-state index contributed by atoms with van der Waals surface area (Å²) in [6.07, 6.45) is 4.90. The largest absolute Gasteiger partial charge is 0.462 e. The van der Waals surface area contributed by atoms with E-state index in [2.05, 4.69) is 46.6 Å². The van der Waals surface area contributed by atoms with Crippen molar-refractivity contribution >= 4 is 6.08 Å². The lowest BCUT2D eigenvalue weighted by Gasteiger charge is -2.12. The summed E-state index contributed by atoms with van der Waals surface area (Å²) in [5.74, 6) is 1.55. The van der Waals surface area contributed by atoms with Crippen molar-refractivity contribution in [1.29, 1.82) is 0 Å². The van der Waals surface area contributed by atoms with E-state index in [4.69, 9.17) is 4.74 Å².